The summed E-state index contributed by atoms with van der Waals surface area (Å²) >= 11 is 0. The van der Waals surface area contributed by atoms with E-state index in [2.05, 4.69) is 5.32 Å². The molecule has 108 valence electrons. The molecule has 0 spiro atoms. The molecule has 1 aromatic rings. The maximum Gasteiger partial charge on any atom is 0.317 e. The van der Waals surface area contributed by atoms with Gasteiger partial charge < -0.3 is 15.3 Å². The number of nitrogens with zero attached hydrogens (tertiary/aromatic N) is 1. The van der Waals surface area contributed by atoms with Crippen molar-refractivity contribution in [3.63, 3.8) is 0 Å². The number of likely N-dealkylation sites (tertiary alicyclic amines) is 1. The molecule has 1 aromatic carbocycles. The van der Waals surface area contributed by atoms with Crippen LogP contribution in [-0.2, 0) is 11.2 Å². The Morgan fingerprint density at radius 3 is 2.75 bits per heavy atom. The number of rotatable bonds is 4. The standard InChI is InChI=1S/C15H20N2O3/c18-14(19)13-7-4-10-17(11-13)15(20)16-9-8-12-5-2-1-3-6-12/h1-3,5-6,13H,4,7-11H2,(H,16,20)(H,18,19)/t13-/m1/s1. The molecular weight excluding hydrogens is 256 g/mol. The van der Waals surface area contributed by atoms with Gasteiger partial charge in [0.25, 0.3) is 0 Å². The summed E-state index contributed by atoms with van der Waals surface area (Å²) in [5, 5.41) is 11.9. The van der Waals surface area contributed by atoms with Gasteiger partial charge in [-0.25, -0.2) is 4.79 Å². The molecule has 5 nitrogen and oxygen atoms in total. The average Bonchev–Trinajstić information content (AvgIpc) is 2.48. The van der Waals surface area contributed by atoms with Gasteiger partial charge >= 0.3 is 12.0 Å². The lowest BCUT2D eigenvalue weighted by atomic mass is 9.99. The third kappa shape index (κ3) is 3.98. The lowest BCUT2D eigenvalue weighted by Crippen LogP contribution is -2.47. The van der Waals surface area contributed by atoms with Crippen LogP contribution in [0.5, 0.6) is 0 Å². The summed E-state index contributed by atoms with van der Waals surface area (Å²) in [5.41, 5.74) is 1.18. The maximum atomic E-state index is 12.0. The summed E-state index contributed by atoms with van der Waals surface area (Å²) < 4.78 is 0. The molecule has 1 fully saturated rings. The van der Waals surface area contributed by atoms with E-state index in [1.807, 2.05) is 30.3 Å². The quantitative estimate of drug-likeness (QED) is 0.880. The molecule has 1 atom stereocenters. The molecule has 2 rings (SSSR count). The number of carboxylic acids is 1. The molecule has 1 heterocycles. The highest BCUT2D eigenvalue weighted by Gasteiger charge is 2.27. The molecule has 0 radical (unpaired) electrons. The van der Waals surface area contributed by atoms with E-state index in [4.69, 9.17) is 5.11 Å². The van der Waals surface area contributed by atoms with Crippen LogP contribution in [-0.4, -0.2) is 41.6 Å². The molecule has 0 aromatic heterocycles. The Labute approximate surface area is 118 Å². The van der Waals surface area contributed by atoms with E-state index in [1.165, 1.54) is 5.56 Å². The van der Waals surface area contributed by atoms with Gasteiger partial charge in [-0.3, -0.25) is 4.79 Å². The molecular formula is C15H20N2O3. The highest BCUT2D eigenvalue weighted by molar-refractivity contribution is 5.76. The van der Waals surface area contributed by atoms with Crippen LogP contribution < -0.4 is 5.32 Å². The molecule has 1 aliphatic heterocycles. The Balaban J connectivity index is 1.75. The van der Waals surface area contributed by atoms with Crippen LogP contribution >= 0.6 is 0 Å². The predicted molar refractivity (Wildman–Crippen MR) is 75.5 cm³/mol. The predicted octanol–water partition coefficient (Wildman–Crippen LogP) is 1.74. The van der Waals surface area contributed by atoms with Gasteiger partial charge in [0, 0.05) is 19.6 Å². The highest BCUT2D eigenvalue weighted by atomic mass is 16.4. The molecule has 1 saturated heterocycles. The number of aliphatic carboxylic acids is 1. The monoisotopic (exact) mass is 276 g/mol. The van der Waals surface area contributed by atoms with Crippen LogP contribution in [0.2, 0.25) is 0 Å². The van der Waals surface area contributed by atoms with Crippen molar-refractivity contribution in [2.24, 2.45) is 5.92 Å². The fourth-order valence-corrected chi connectivity index (χ4v) is 2.43. The van der Waals surface area contributed by atoms with Gasteiger partial charge in [-0.2, -0.15) is 0 Å². The summed E-state index contributed by atoms with van der Waals surface area (Å²) in [7, 11) is 0. The molecule has 2 amide bonds. The first-order valence-corrected chi connectivity index (χ1v) is 6.96. The van der Waals surface area contributed by atoms with Crippen molar-refractivity contribution in [2.75, 3.05) is 19.6 Å². The van der Waals surface area contributed by atoms with E-state index in [0.717, 1.165) is 12.8 Å². The molecule has 20 heavy (non-hydrogen) atoms. The second kappa shape index (κ2) is 6.93. The fourth-order valence-electron chi connectivity index (χ4n) is 2.43. The number of amides is 2. The van der Waals surface area contributed by atoms with E-state index < -0.39 is 11.9 Å². The second-order valence-corrected chi connectivity index (χ2v) is 5.09. The van der Waals surface area contributed by atoms with Gasteiger partial charge in [0.15, 0.2) is 0 Å². The lowest BCUT2D eigenvalue weighted by molar-refractivity contribution is -0.143. The average molecular weight is 276 g/mol. The smallest absolute Gasteiger partial charge is 0.317 e. The summed E-state index contributed by atoms with van der Waals surface area (Å²) in [5.74, 6) is -1.24. The number of nitrogens with one attached hydrogen (secondary N) is 1. The van der Waals surface area contributed by atoms with Crippen LogP contribution in [0, 0.1) is 5.92 Å². The zero-order valence-electron chi connectivity index (χ0n) is 11.4. The van der Waals surface area contributed by atoms with Crippen molar-refractivity contribution in [3.8, 4) is 0 Å². The van der Waals surface area contributed by atoms with E-state index >= 15 is 0 Å². The number of benzene rings is 1. The molecule has 0 saturated carbocycles. The normalized spacial score (nSPS) is 18.6. The number of piperidine rings is 1. The van der Waals surface area contributed by atoms with Crippen LogP contribution in [0.3, 0.4) is 0 Å². The molecule has 0 unspecified atom stereocenters. The molecule has 1 aliphatic rings. The first-order chi connectivity index (χ1) is 9.66. The largest absolute Gasteiger partial charge is 0.481 e. The minimum Gasteiger partial charge on any atom is -0.481 e. The molecule has 0 bridgehead atoms. The van der Waals surface area contributed by atoms with Crippen LogP contribution in [0.25, 0.3) is 0 Å². The number of urea groups is 1. The summed E-state index contributed by atoms with van der Waals surface area (Å²) in [6.45, 7) is 1.52. The zero-order valence-corrected chi connectivity index (χ0v) is 11.4. The van der Waals surface area contributed by atoms with Crippen molar-refractivity contribution < 1.29 is 14.7 Å². The topological polar surface area (TPSA) is 69.6 Å². The Hall–Kier alpha value is -2.04. The van der Waals surface area contributed by atoms with Crippen molar-refractivity contribution >= 4 is 12.0 Å². The summed E-state index contributed by atoms with van der Waals surface area (Å²) in [4.78, 5) is 24.5. The van der Waals surface area contributed by atoms with E-state index in [-0.39, 0.29) is 6.03 Å². The highest BCUT2D eigenvalue weighted by Crippen LogP contribution is 2.16. The molecule has 2 N–H and O–H groups in total. The van der Waals surface area contributed by atoms with Gasteiger partial charge in [-0.05, 0) is 24.8 Å². The number of carbonyl (C=O) groups excluding carboxylic acids is 1. The maximum absolute atomic E-state index is 12.0. The molecule has 5 heteroatoms. The van der Waals surface area contributed by atoms with Crippen LogP contribution in [0.4, 0.5) is 4.79 Å². The summed E-state index contributed by atoms with van der Waals surface area (Å²) in [6.07, 6.45) is 2.19. The Morgan fingerprint density at radius 2 is 2.05 bits per heavy atom. The third-order valence-electron chi connectivity index (χ3n) is 3.59. The van der Waals surface area contributed by atoms with Gasteiger partial charge in [0.05, 0.1) is 5.92 Å². The first kappa shape index (κ1) is 14.4. The Kier molecular flexibility index (Phi) is 4.98. The van der Waals surface area contributed by atoms with Crippen molar-refractivity contribution in [3.05, 3.63) is 35.9 Å². The SMILES string of the molecule is O=C(O)[C@@H]1CCCN(C(=O)NCCc2ccccc2)C1. The van der Waals surface area contributed by atoms with Gasteiger partial charge in [-0.15, -0.1) is 0 Å². The van der Waals surface area contributed by atoms with Crippen LogP contribution in [0.1, 0.15) is 18.4 Å². The third-order valence-corrected chi connectivity index (χ3v) is 3.59. The van der Waals surface area contributed by atoms with E-state index in [9.17, 15) is 9.59 Å². The number of hydrogen-bond acceptors (Lipinski definition) is 2. The first-order valence-electron chi connectivity index (χ1n) is 6.96. The van der Waals surface area contributed by atoms with E-state index in [0.29, 0.717) is 26.1 Å². The van der Waals surface area contributed by atoms with Gasteiger partial charge in [-0.1, -0.05) is 30.3 Å². The van der Waals surface area contributed by atoms with Crippen molar-refractivity contribution in [1.29, 1.82) is 0 Å². The van der Waals surface area contributed by atoms with Gasteiger partial charge in [0.2, 0.25) is 0 Å². The van der Waals surface area contributed by atoms with Crippen molar-refractivity contribution in [1.82, 2.24) is 10.2 Å². The van der Waals surface area contributed by atoms with Crippen LogP contribution in [0.15, 0.2) is 30.3 Å². The zero-order chi connectivity index (χ0) is 14.4. The number of hydrogen-bond donors (Lipinski definition) is 2. The lowest BCUT2D eigenvalue weighted by Gasteiger charge is -2.30. The Morgan fingerprint density at radius 1 is 1.30 bits per heavy atom. The summed E-state index contributed by atoms with van der Waals surface area (Å²) in [6, 6.07) is 9.79. The van der Waals surface area contributed by atoms with E-state index in [1.54, 1.807) is 4.90 Å². The molecule has 0 aliphatic carbocycles. The number of carboxylic acid groups (broad SMARTS) is 1. The van der Waals surface area contributed by atoms with Gasteiger partial charge in [0.1, 0.15) is 0 Å². The van der Waals surface area contributed by atoms with Crippen molar-refractivity contribution in [2.45, 2.75) is 19.3 Å². The number of carbonyl (C=O) groups is 2. The minimum atomic E-state index is -0.813. The second-order valence-electron chi connectivity index (χ2n) is 5.09. The Bertz CT molecular complexity index is 461. The fraction of sp³-hybridized carbons (Fsp3) is 0.467. The minimum absolute atomic E-state index is 0.160.